The highest BCUT2D eigenvalue weighted by Crippen LogP contribution is 2.38. The van der Waals surface area contributed by atoms with Gasteiger partial charge in [-0.05, 0) is 51.6 Å². The Hall–Kier alpha value is -1.29. The molecule has 1 unspecified atom stereocenters. The maximum atomic E-state index is 12.1. The van der Waals surface area contributed by atoms with Gasteiger partial charge in [0.1, 0.15) is 12.0 Å². The first-order valence-electron chi connectivity index (χ1n) is 6.78. The van der Waals surface area contributed by atoms with Gasteiger partial charge >= 0.3 is 0 Å². The Labute approximate surface area is 107 Å². The molecule has 1 aromatic heterocycles. The third-order valence-electron chi connectivity index (χ3n) is 4.27. The molecule has 1 saturated heterocycles. The number of rotatable bonds is 2. The van der Waals surface area contributed by atoms with E-state index in [0.717, 1.165) is 25.1 Å². The van der Waals surface area contributed by atoms with E-state index >= 15 is 0 Å². The predicted octanol–water partition coefficient (Wildman–Crippen LogP) is 1.99. The summed E-state index contributed by atoms with van der Waals surface area (Å²) in [7, 11) is 0. The van der Waals surface area contributed by atoms with Crippen LogP contribution in [0.2, 0.25) is 0 Å². The Morgan fingerprint density at radius 3 is 3.00 bits per heavy atom. The minimum Gasteiger partial charge on any atom is -0.469 e. The first-order chi connectivity index (χ1) is 8.67. The molecule has 0 radical (unpaired) electrons. The molecule has 3 rings (SSSR count). The van der Waals surface area contributed by atoms with Crippen LogP contribution in [0, 0.1) is 6.92 Å². The van der Waals surface area contributed by atoms with Gasteiger partial charge in [0.25, 0.3) is 5.91 Å². The van der Waals surface area contributed by atoms with Crippen LogP contribution in [-0.4, -0.2) is 24.0 Å². The lowest BCUT2D eigenvalue weighted by Crippen LogP contribution is -2.59. The minimum atomic E-state index is -0.00627. The van der Waals surface area contributed by atoms with Crippen molar-refractivity contribution >= 4 is 5.91 Å². The van der Waals surface area contributed by atoms with Gasteiger partial charge in [0, 0.05) is 11.6 Å². The first-order valence-corrected chi connectivity index (χ1v) is 6.78. The Kier molecular flexibility index (Phi) is 2.90. The third-order valence-corrected chi connectivity index (χ3v) is 4.27. The lowest BCUT2D eigenvalue weighted by atomic mass is 9.70. The summed E-state index contributed by atoms with van der Waals surface area (Å²) in [5.74, 6) is 0.772. The zero-order chi connectivity index (χ0) is 12.6. The summed E-state index contributed by atoms with van der Waals surface area (Å²) >= 11 is 0. The smallest absolute Gasteiger partial charge is 0.254 e. The van der Waals surface area contributed by atoms with Gasteiger partial charge in [-0.15, -0.1) is 0 Å². The van der Waals surface area contributed by atoms with Gasteiger partial charge < -0.3 is 15.1 Å². The van der Waals surface area contributed by atoms with Crippen molar-refractivity contribution in [1.29, 1.82) is 0 Å². The Morgan fingerprint density at radius 2 is 2.39 bits per heavy atom. The number of carbonyl (C=O) groups is 1. The third kappa shape index (κ3) is 2.17. The lowest BCUT2D eigenvalue weighted by molar-refractivity contribution is 0.0852. The maximum absolute atomic E-state index is 12.1. The highest BCUT2D eigenvalue weighted by Gasteiger charge is 2.41. The van der Waals surface area contributed by atoms with Crippen LogP contribution in [0.4, 0.5) is 0 Å². The van der Waals surface area contributed by atoms with Crippen molar-refractivity contribution in [3.8, 4) is 0 Å². The van der Waals surface area contributed by atoms with Gasteiger partial charge in [0.15, 0.2) is 0 Å². The summed E-state index contributed by atoms with van der Waals surface area (Å²) < 4.78 is 5.17. The van der Waals surface area contributed by atoms with Crippen LogP contribution in [0.5, 0.6) is 0 Å². The predicted molar refractivity (Wildman–Crippen MR) is 68.5 cm³/mol. The van der Waals surface area contributed by atoms with Gasteiger partial charge in [-0.2, -0.15) is 0 Å². The maximum Gasteiger partial charge on any atom is 0.254 e. The summed E-state index contributed by atoms with van der Waals surface area (Å²) in [6, 6.07) is 2.09. The normalized spacial score (nSPS) is 25.7. The van der Waals surface area contributed by atoms with Crippen molar-refractivity contribution in [3.63, 3.8) is 0 Å². The van der Waals surface area contributed by atoms with E-state index in [9.17, 15) is 4.79 Å². The summed E-state index contributed by atoms with van der Waals surface area (Å²) in [5.41, 5.74) is 0.955. The van der Waals surface area contributed by atoms with Gasteiger partial charge in [-0.1, -0.05) is 0 Å². The molecule has 4 nitrogen and oxygen atoms in total. The van der Waals surface area contributed by atoms with E-state index in [4.69, 9.17) is 4.42 Å². The van der Waals surface area contributed by atoms with Crippen LogP contribution < -0.4 is 10.6 Å². The van der Waals surface area contributed by atoms with Crippen molar-refractivity contribution in [2.24, 2.45) is 0 Å². The summed E-state index contributed by atoms with van der Waals surface area (Å²) in [6.45, 7) is 2.86. The van der Waals surface area contributed by atoms with E-state index in [1.54, 1.807) is 6.07 Å². The molecule has 2 fully saturated rings. The molecular formula is C14H20N2O2. The van der Waals surface area contributed by atoms with E-state index in [-0.39, 0.29) is 5.91 Å². The number of furan rings is 1. The van der Waals surface area contributed by atoms with Gasteiger partial charge in [0.2, 0.25) is 0 Å². The molecule has 0 bridgehead atoms. The number of amides is 1. The molecule has 1 saturated carbocycles. The summed E-state index contributed by atoms with van der Waals surface area (Å²) in [4.78, 5) is 12.1. The molecule has 18 heavy (non-hydrogen) atoms. The monoisotopic (exact) mass is 248 g/mol. The van der Waals surface area contributed by atoms with Crippen LogP contribution in [0.25, 0.3) is 0 Å². The van der Waals surface area contributed by atoms with Crippen LogP contribution >= 0.6 is 0 Å². The molecule has 2 N–H and O–H groups in total. The zero-order valence-electron chi connectivity index (χ0n) is 10.8. The average Bonchev–Trinajstić information content (AvgIpc) is 2.74. The average molecular weight is 248 g/mol. The van der Waals surface area contributed by atoms with Crippen molar-refractivity contribution in [1.82, 2.24) is 10.6 Å². The van der Waals surface area contributed by atoms with E-state index in [0.29, 0.717) is 17.1 Å². The summed E-state index contributed by atoms with van der Waals surface area (Å²) in [6.07, 6.45) is 7.44. The molecule has 1 spiro atoms. The van der Waals surface area contributed by atoms with E-state index in [1.165, 1.54) is 25.5 Å². The molecule has 4 heteroatoms. The van der Waals surface area contributed by atoms with Gasteiger partial charge in [-0.3, -0.25) is 4.79 Å². The number of hydrogen-bond donors (Lipinski definition) is 2. The van der Waals surface area contributed by atoms with Crippen molar-refractivity contribution < 1.29 is 9.21 Å². The number of nitrogens with one attached hydrogen (secondary N) is 2. The Morgan fingerprint density at radius 1 is 1.56 bits per heavy atom. The Balaban J connectivity index is 1.60. The molecule has 1 aromatic rings. The van der Waals surface area contributed by atoms with Crippen LogP contribution in [0.15, 0.2) is 16.7 Å². The van der Waals surface area contributed by atoms with Crippen LogP contribution in [0.3, 0.4) is 0 Å². The topological polar surface area (TPSA) is 54.3 Å². The quantitative estimate of drug-likeness (QED) is 0.841. The second-order valence-electron chi connectivity index (χ2n) is 5.67. The fourth-order valence-electron chi connectivity index (χ4n) is 3.10. The number of aryl methyl sites for hydroxylation is 1. The zero-order valence-corrected chi connectivity index (χ0v) is 10.8. The molecule has 2 heterocycles. The van der Waals surface area contributed by atoms with Crippen LogP contribution in [-0.2, 0) is 0 Å². The van der Waals surface area contributed by atoms with E-state index in [2.05, 4.69) is 10.6 Å². The fourth-order valence-corrected chi connectivity index (χ4v) is 3.10. The highest BCUT2D eigenvalue weighted by atomic mass is 16.3. The fraction of sp³-hybridized carbons (Fsp3) is 0.643. The molecule has 1 aliphatic carbocycles. The standard InChI is InChI=1S/C14H20N2O2/c1-10-7-11(9-18-10)13(17)16-12-3-6-15-14(8-12)4-2-5-14/h7,9,12,15H,2-6,8H2,1H3,(H,16,17). The van der Waals surface area contributed by atoms with E-state index in [1.807, 2.05) is 6.92 Å². The van der Waals surface area contributed by atoms with E-state index < -0.39 is 0 Å². The summed E-state index contributed by atoms with van der Waals surface area (Å²) in [5, 5.41) is 6.74. The van der Waals surface area contributed by atoms with Crippen molar-refractivity contribution in [3.05, 3.63) is 23.7 Å². The highest BCUT2D eigenvalue weighted by molar-refractivity contribution is 5.94. The van der Waals surface area contributed by atoms with Gasteiger partial charge in [0.05, 0.1) is 5.56 Å². The molecular weight excluding hydrogens is 228 g/mol. The number of carbonyl (C=O) groups excluding carboxylic acids is 1. The minimum absolute atomic E-state index is 0.00627. The number of piperidine rings is 1. The Bertz CT molecular complexity index is 448. The second-order valence-corrected chi connectivity index (χ2v) is 5.67. The second kappa shape index (κ2) is 4.43. The SMILES string of the molecule is Cc1cc(C(=O)NC2CCNC3(CCC3)C2)co1. The van der Waals surface area contributed by atoms with Gasteiger partial charge in [-0.25, -0.2) is 0 Å². The molecule has 1 amide bonds. The van der Waals surface area contributed by atoms with Crippen LogP contribution in [0.1, 0.15) is 48.2 Å². The first kappa shape index (κ1) is 11.8. The largest absolute Gasteiger partial charge is 0.469 e. The number of hydrogen-bond acceptors (Lipinski definition) is 3. The molecule has 1 aliphatic heterocycles. The van der Waals surface area contributed by atoms with Crippen molar-refractivity contribution in [2.45, 2.75) is 50.6 Å². The molecule has 98 valence electrons. The van der Waals surface area contributed by atoms with Crippen molar-refractivity contribution in [2.75, 3.05) is 6.54 Å². The lowest BCUT2D eigenvalue weighted by Gasteiger charge is -2.48. The molecule has 2 aliphatic rings. The molecule has 0 aromatic carbocycles. The molecule has 1 atom stereocenters.